The third kappa shape index (κ3) is 3.94. The molecule has 0 aromatic rings. The molecule has 0 aliphatic carbocycles. The summed E-state index contributed by atoms with van der Waals surface area (Å²) in [7, 11) is 0. The van der Waals surface area contributed by atoms with Crippen LogP contribution >= 0.6 is 0 Å². The highest BCUT2D eigenvalue weighted by atomic mass is 16.5. The number of aliphatic hydroxyl groups is 1. The normalized spacial score (nSPS) is 23.1. The van der Waals surface area contributed by atoms with Gasteiger partial charge < -0.3 is 15.6 Å². The SMILES string of the molecule is CC(N)C1(O)CCN(CC(C)(C)OC=O)CC1. The van der Waals surface area contributed by atoms with Crippen LogP contribution in [0.4, 0.5) is 0 Å². The summed E-state index contributed by atoms with van der Waals surface area (Å²) < 4.78 is 5.02. The molecule has 3 N–H and O–H groups in total. The topological polar surface area (TPSA) is 75.8 Å². The highest BCUT2D eigenvalue weighted by molar-refractivity contribution is 5.38. The summed E-state index contributed by atoms with van der Waals surface area (Å²) in [5.41, 5.74) is 4.56. The summed E-state index contributed by atoms with van der Waals surface area (Å²) in [4.78, 5) is 12.6. The van der Waals surface area contributed by atoms with Crippen LogP contribution in [-0.2, 0) is 9.53 Å². The number of likely N-dealkylation sites (tertiary alicyclic amines) is 1. The predicted molar refractivity (Wildman–Crippen MR) is 65.5 cm³/mol. The first-order chi connectivity index (χ1) is 7.79. The smallest absolute Gasteiger partial charge is 0.293 e. The minimum absolute atomic E-state index is 0.205. The molecule has 1 atom stereocenters. The van der Waals surface area contributed by atoms with Crippen LogP contribution in [0.15, 0.2) is 0 Å². The zero-order valence-electron chi connectivity index (χ0n) is 11.0. The van der Waals surface area contributed by atoms with Gasteiger partial charge in [0.05, 0.1) is 5.60 Å². The Morgan fingerprint density at radius 2 is 2.06 bits per heavy atom. The highest BCUT2D eigenvalue weighted by Gasteiger charge is 2.37. The summed E-state index contributed by atoms with van der Waals surface area (Å²) in [5.74, 6) is 0. The van der Waals surface area contributed by atoms with Crippen LogP contribution in [-0.4, -0.2) is 53.4 Å². The van der Waals surface area contributed by atoms with Gasteiger partial charge in [0.1, 0.15) is 5.60 Å². The average molecular weight is 244 g/mol. The lowest BCUT2D eigenvalue weighted by Crippen LogP contribution is -2.55. The molecule has 1 rings (SSSR count). The number of rotatable bonds is 5. The first-order valence-corrected chi connectivity index (χ1v) is 6.11. The third-order valence-corrected chi connectivity index (χ3v) is 3.54. The van der Waals surface area contributed by atoms with E-state index in [1.807, 2.05) is 20.8 Å². The van der Waals surface area contributed by atoms with Crippen LogP contribution < -0.4 is 5.73 Å². The van der Waals surface area contributed by atoms with Crippen molar-refractivity contribution in [1.29, 1.82) is 0 Å². The average Bonchev–Trinajstić information content (AvgIpc) is 2.21. The van der Waals surface area contributed by atoms with E-state index in [1.165, 1.54) is 0 Å². The second-order valence-corrected chi connectivity index (χ2v) is 5.64. The van der Waals surface area contributed by atoms with Gasteiger partial charge in [-0.05, 0) is 33.6 Å². The second kappa shape index (κ2) is 5.33. The Bertz CT molecular complexity index is 258. The molecular formula is C12H24N2O3. The molecule has 100 valence electrons. The van der Waals surface area contributed by atoms with Crippen molar-refractivity contribution >= 4 is 6.47 Å². The number of nitrogens with two attached hydrogens (primary N) is 1. The summed E-state index contributed by atoms with van der Waals surface area (Å²) >= 11 is 0. The van der Waals surface area contributed by atoms with Crippen LogP contribution in [0.5, 0.6) is 0 Å². The van der Waals surface area contributed by atoms with Crippen LogP contribution in [0, 0.1) is 0 Å². The molecule has 0 saturated carbocycles. The van der Waals surface area contributed by atoms with Crippen LogP contribution in [0.2, 0.25) is 0 Å². The Kier molecular flexibility index (Phi) is 4.52. The Morgan fingerprint density at radius 3 is 2.47 bits per heavy atom. The van der Waals surface area contributed by atoms with Gasteiger partial charge in [-0.2, -0.15) is 0 Å². The molecule has 1 aliphatic rings. The van der Waals surface area contributed by atoms with Crippen molar-refractivity contribution in [2.45, 2.75) is 50.9 Å². The number of hydrogen-bond acceptors (Lipinski definition) is 5. The van der Waals surface area contributed by atoms with Crippen molar-refractivity contribution in [2.24, 2.45) is 5.73 Å². The molecule has 1 aliphatic heterocycles. The third-order valence-electron chi connectivity index (χ3n) is 3.54. The van der Waals surface area contributed by atoms with Gasteiger partial charge >= 0.3 is 0 Å². The summed E-state index contributed by atoms with van der Waals surface area (Å²) in [6, 6.07) is -0.205. The van der Waals surface area contributed by atoms with E-state index in [4.69, 9.17) is 10.5 Å². The first-order valence-electron chi connectivity index (χ1n) is 6.11. The highest BCUT2D eigenvalue weighted by Crippen LogP contribution is 2.25. The van der Waals surface area contributed by atoms with Crippen molar-refractivity contribution in [1.82, 2.24) is 4.90 Å². The minimum atomic E-state index is -0.744. The monoisotopic (exact) mass is 244 g/mol. The second-order valence-electron chi connectivity index (χ2n) is 5.64. The Morgan fingerprint density at radius 1 is 1.53 bits per heavy atom. The molecule has 0 radical (unpaired) electrons. The van der Waals surface area contributed by atoms with Crippen LogP contribution in [0.1, 0.15) is 33.6 Å². The lowest BCUT2D eigenvalue weighted by atomic mass is 9.85. The minimum Gasteiger partial charge on any atom is -0.461 e. The van der Waals surface area contributed by atoms with Crippen molar-refractivity contribution < 1.29 is 14.6 Å². The molecular weight excluding hydrogens is 220 g/mol. The van der Waals surface area contributed by atoms with Gasteiger partial charge in [-0.1, -0.05) is 0 Å². The number of carbonyl (C=O) groups excluding carboxylic acids is 1. The van der Waals surface area contributed by atoms with Crippen LogP contribution in [0.25, 0.3) is 0 Å². The molecule has 17 heavy (non-hydrogen) atoms. The first kappa shape index (κ1) is 14.4. The molecule has 0 aromatic carbocycles. The van der Waals surface area contributed by atoms with Gasteiger partial charge in [-0.15, -0.1) is 0 Å². The molecule has 1 heterocycles. The zero-order chi connectivity index (χ0) is 13.1. The van der Waals surface area contributed by atoms with E-state index in [9.17, 15) is 9.90 Å². The standard InChI is InChI=1S/C12H24N2O3/c1-10(13)12(16)4-6-14(7-5-12)8-11(2,3)17-9-15/h9-10,16H,4-8,13H2,1-3H3. The van der Waals surface area contributed by atoms with E-state index in [-0.39, 0.29) is 6.04 Å². The van der Waals surface area contributed by atoms with Crippen molar-refractivity contribution in [3.05, 3.63) is 0 Å². The van der Waals surface area contributed by atoms with Gasteiger partial charge in [0.2, 0.25) is 0 Å². The van der Waals surface area contributed by atoms with E-state index in [0.29, 0.717) is 25.9 Å². The fourth-order valence-corrected chi connectivity index (χ4v) is 2.26. The van der Waals surface area contributed by atoms with Gasteiger partial charge in [0, 0.05) is 25.7 Å². The Balaban J connectivity index is 2.45. The molecule has 0 spiro atoms. The lowest BCUT2D eigenvalue weighted by Gasteiger charge is -2.42. The van der Waals surface area contributed by atoms with E-state index >= 15 is 0 Å². The van der Waals surface area contributed by atoms with Gasteiger partial charge in [0.15, 0.2) is 0 Å². The summed E-state index contributed by atoms with van der Waals surface area (Å²) in [6.45, 7) is 8.34. The van der Waals surface area contributed by atoms with E-state index < -0.39 is 11.2 Å². The Hall–Kier alpha value is -0.650. The molecule has 1 unspecified atom stereocenters. The van der Waals surface area contributed by atoms with E-state index in [0.717, 1.165) is 13.1 Å². The quantitative estimate of drug-likeness (QED) is 0.671. The molecule has 0 aromatic heterocycles. The maximum Gasteiger partial charge on any atom is 0.293 e. The molecule has 0 amide bonds. The largest absolute Gasteiger partial charge is 0.461 e. The fourth-order valence-electron chi connectivity index (χ4n) is 2.26. The van der Waals surface area contributed by atoms with Crippen molar-refractivity contribution in [3.63, 3.8) is 0 Å². The fraction of sp³-hybridized carbons (Fsp3) is 0.917. The number of hydrogen-bond donors (Lipinski definition) is 2. The van der Waals surface area contributed by atoms with Crippen molar-refractivity contribution in [2.75, 3.05) is 19.6 Å². The molecule has 0 bridgehead atoms. The molecule has 1 fully saturated rings. The molecule has 1 saturated heterocycles. The van der Waals surface area contributed by atoms with Crippen LogP contribution in [0.3, 0.4) is 0 Å². The number of carbonyl (C=O) groups is 1. The zero-order valence-corrected chi connectivity index (χ0v) is 11.0. The van der Waals surface area contributed by atoms with Crippen molar-refractivity contribution in [3.8, 4) is 0 Å². The maximum absolute atomic E-state index is 10.4. The predicted octanol–water partition coefficient (Wildman–Crippen LogP) is 0.112. The number of nitrogens with zero attached hydrogens (tertiary/aromatic N) is 1. The number of ether oxygens (including phenoxy) is 1. The van der Waals surface area contributed by atoms with Gasteiger partial charge in [-0.3, -0.25) is 9.69 Å². The summed E-state index contributed by atoms with van der Waals surface area (Å²) in [6.07, 6.45) is 1.34. The Labute approximate surface area is 103 Å². The van der Waals surface area contributed by atoms with E-state index in [2.05, 4.69) is 4.90 Å². The summed E-state index contributed by atoms with van der Waals surface area (Å²) in [5, 5.41) is 10.2. The van der Waals surface area contributed by atoms with Gasteiger partial charge in [-0.25, -0.2) is 0 Å². The molecule has 5 nitrogen and oxygen atoms in total. The molecule has 5 heteroatoms. The lowest BCUT2D eigenvalue weighted by molar-refractivity contribution is -0.143. The van der Waals surface area contributed by atoms with Gasteiger partial charge in [0.25, 0.3) is 6.47 Å². The number of piperidine rings is 1. The maximum atomic E-state index is 10.4. The van der Waals surface area contributed by atoms with E-state index in [1.54, 1.807) is 0 Å².